The van der Waals surface area contributed by atoms with E-state index in [0.717, 1.165) is 4.68 Å². The molecule has 108 valence electrons. The van der Waals surface area contributed by atoms with Crippen LogP contribution in [0.15, 0.2) is 36.9 Å². The largest absolute Gasteiger partial charge is 0.328 e. The van der Waals surface area contributed by atoms with Crippen LogP contribution < -0.4 is 16.1 Å². The van der Waals surface area contributed by atoms with Gasteiger partial charge in [0.1, 0.15) is 12.7 Å². The highest BCUT2D eigenvalue weighted by Crippen LogP contribution is 2.14. The molecule has 1 aromatic carbocycles. The van der Waals surface area contributed by atoms with Crippen molar-refractivity contribution in [3.63, 3.8) is 0 Å². The molecule has 21 heavy (non-hydrogen) atoms. The third kappa shape index (κ3) is 4.13. The Hall–Kier alpha value is -3.23. The molecule has 9 nitrogen and oxygen atoms in total. The first-order chi connectivity index (χ1) is 10.0. The van der Waals surface area contributed by atoms with Gasteiger partial charge in [-0.25, -0.2) is 4.68 Å². The first-order valence-electron chi connectivity index (χ1n) is 5.89. The topological polar surface area (TPSA) is 118 Å². The molecule has 2 aromatic rings. The van der Waals surface area contributed by atoms with E-state index in [-0.39, 0.29) is 5.91 Å². The van der Waals surface area contributed by atoms with Gasteiger partial charge in [0.2, 0.25) is 5.91 Å². The predicted octanol–water partition coefficient (Wildman–Crippen LogP) is -0.0547. The fourth-order valence-electron chi connectivity index (χ4n) is 1.49. The summed E-state index contributed by atoms with van der Waals surface area (Å²) in [7, 11) is 0. The monoisotopic (exact) mass is 288 g/mol. The van der Waals surface area contributed by atoms with Gasteiger partial charge in [0.05, 0.1) is 0 Å². The quantitative estimate of drug-likeness (QED) is 0.684. The molecule has 0 aliphatic heterocycles. The molecule has 0 aliphatic rings. The number of hydrogen-bond donors (Lipinski definition) is 3. The van der Waals surface area contributed by atoms with Crippen LogP contribution >= 0.6 is 0 Å². The fourth-order valence-corrected chi connectivity index (χ4v) is 1.49. The molecule has 0 atom stereocenters. The van der Waals surface area contributed by atoms with Crippen molar-refractivity contribution in [2.24, 2.45) is 0 Å². The van der Waals surface area contributed by atoms with Crippen LogP contribution in [0.4, 0.5) is 11.4 Å². The lowest BCUT2D eigenvalue weighted by Crippen LogP contribution is -2.33. The second-order valence-corrected chi connectivity index (χ2v) is 4.03. The van der Waals surface area contributed by atoms with E-state index in [9.17, 15) is 14.4 Å². The van der Waals surface area contributed by atoms with E-state index in [1.54, 1.807) is 18.2 Å². The maximum Gasteiger partial charge on any atom is 0.328 e. The Morgan fingerprint density at radius 2 is 1.62 bits per heavy atom. The lowest BCUT2D eigenvalue weighted by molar-refractivity contribution is -0.133. The van der Waals surface area contributed by atoms with Gasteiger partial charge in [-0.2, -0.15) is 0 Å². The Kier molecular flexibility index (Phi) is 4.24. The second-order valence-electron chi connectivity index (χ2n) is 4.03. The van der Waals surface area contributed by atoms with Gasteiger partial charge in [0.25, 0.3) is 0 Å². The number of carbonyl (C=O) groups is 3. The molecular formula is C12H12N6O3. The summed E-state index contributed by atoms with van der Waals surface area (Å²) in [5.74, 6) is -1.97. The average molecular weight is 288 g/mol. The maximum absolute atomic E-state index is 11.7. The van der Waals surface area contributed by atoms with Crippen molar-refractivity contribution in [3.05, 3.63) is 36.9 Å². The third-order valence-electron chi connectivity index (χ3n) is 2.30. The molecule has 0 saturated heterocycles. The minimum atomic E-state index is -0.875. The molecule has 3 N–H and O–H groups in total. The molecule has 0 fully saturated rings. The van der Waals surface area contributed by atoms with E-state index in [4.69, 9.17) is 0 Å². The van der Waals surface area contributed by atoms with Gasteiger partial charge in [-0.15, -0.1) is 10.2 Å². The normalized spacial score (nSPS) is 9.76. The van der Waals surface area contributed by atoms with E-state index >= 15 is 0 Å². The van der Waals surface area contributed by atoms with E-state index < -0.39 is 11.8 Å². The van der Waals surface area contributed by atoms with Crippen LogP contribution in [0.25, 0.3) is 0 Å². The summed E-state index contributed by atoms with van der Waals surface area (Å²) < 4.78 is 1.15. The van der Waals surface area contributed by atoms with Gasteiger partial charge in [0, 0.05) is 18.3 Å². The van der Waals surface area contributed by atoms with E-state index in [1.165, 1.54) is 25.6 Å². The smallest absolute Gasteiger partial charge is 0.326 e. The van der Waals surface area contributed by atoms with E-state index in [2.05, 4.69) is 26.3 Å². The molecule has 2 rings (SSSR count). The van der Waals surface area contributed by atoms with Crippen LogP contribution in [0.3, 0.4) is 0 Å². The number of amides is 3. The maximum atomic E-state index is 11.7. The molecule has 1 heterocycles. The summed E-state index contributed by atoms with van der Waals surface area (Å²) in [6.45, 7) is 1.37. The van der Waals surface area contributed by atoms with Gasteiger partial charge < -0.3 is 10.6 Å². The van der Waals surface area contributed by atoms with Crippen molar-refractivity contribution < 1.29 is 14.4 Å². The zero-order valence-corrected chi connectivity index (χ0v) is 11.0. The summed E-state index contributed by atoms with van der Waals surface area (Å²) in [6, 6.07) is 6.42. The number of rotatable bonds is 3. The molecule has 3 amide bonds. The zero-order valence-electron chi connectivity index (χ0n) is 11.0. The molecule has 1 aromatic heterocycles. The summed E-state index contributed by atoms with van der Waals surface area (Å²) in [6.07, 6.45) is 2.48. The summed E-state index contributed by atoms with van der Waals surface area (Å²) >= 11 is 0. The minimum absolute atomic E-state index is 0.233. The van der Waals surface area contributed by atoms with Crippen LogP contribution in [0.2, 0.25) is 0 Å². The number of nitrogens with one attached hydrogen (secondary N) is 3. The number of nitrogens with zero attached hydrogens (tertiary/aromatic N) is 3. The van der Waals surface area contributed by atoms with Crippen LogP contribution in [-0.4, -0.2) is 32.6 Å². The predicted molar refractivity (Wildman–Crippen MR) is 73.8 cm³/mol. The van der Waals surface area contributed by atoms with Crippen molar-refractivity contribution in [1.82, 2.24) is 14.9 Å². The standard InChI is InChI=1S/C12H12N6O3/c1-8(19)15-9-3-2-4-10(5-9)16-11(20)12(21)17-18-6-13-14-7-18/h2-7H,1H3,(H,15,19)(H,16,20)(H,17,21). The average Bonchev–Trinajstić information content (AvgIpc) is 2.91. The second kappa shape index (κ2) is 6.28. The molecule has 0 spiro atoms. The Morgan fingerprint density at radius 3 is 2.24 bits per heavy atom. The number of aromatic nitrogens is 3. The molecule has 0 saturated carbocycles. The van der Waals surface area contributed by atoms with E-state index in [1.807, 2.05) is 0 Å². The molecule has 0 bridgehead atoms. The summed E-state index contributed by atoms with van der Waals surface area (Å²) in [5, 5.41) is 12.0. The van der Waals surface area contributed by atoms with Crippen molar-refractivity contribution in [2.75, 3.05) is 16.1 Å². The van der Waals surface area contributed by atoms with Gasteiger partial charge in [0.15, 0.2) is 0 Å². The first kappa shape index (κ1) is 14.2. The van der Waals surface area contributed by atoms with Crippen molar-refractivity contribution in [3.8, 4) is 0 Å². The van der Waals surface area contributed by atoms with Crippen LogP contribution in [0, 0.1) is 0 Å². The zero-order chi connectivity index (χ0) is 15.2. The van der Waals surface area contributed by atoms with Crippen molar-refractivity contribution in [2.45, 2.75) is 6.92 Å². The Balaban J connectivity index is 1.98. The minimum Gasteiger partial charge on any atom is -0.326 e. The molecule has 0 radical (unpaired) electrons. The molecule has 0 unspecified atom stereocenters. The van der Waals surface area contributed by atoms with Gasteiger partial charge in [-0.05, 0) is 18.2 Å². The van der Waals surface area contributed by atoms with Crippen LogP contribution in [-0.2, 0) is 14.4 Å². The highest BCUT2D eigenvalue weighted by molar-refractivity contribution is 6.42. The Morgan fingerprint density at radius 1 is 1.00 bits per heavy atom. The number of anilines is 2. The summed E-state index contributed by atoms with van der Waals surface area (Å²) in [4.78, 5) is 34.3. The van der Waals surface area contributed by atoms with Crippen molar-refractivity contribution >= 4 is 29.1 Å². The fraction of sp³-hybridized carbons (Fsp3) is 0.0833. The molecule has 0 aliphatic carbocycles. The molecular weight excluding hydrogens is 276 g/mol. The SMILES string of the molecule is CC(=O)Nc1cccc(NC(=O)C(=O)Nn2cnnc2)c1. The number of benzene rings is 1. The lowest BCUT2D eigenvalue weighted by Gasteiger charge is -2.08. The lowest BCUT2D eigenvalue weighted by atomic mass is 10.2. The third-order valence-corrected chi connectivity index (χ3v) is 2.30. The van der Waals surface area contributed by atoms with Crippen molar-refractivity contribution in [1.29, 1.82) is 0 Å². The number of carbonyl (C=O) groups excluding carboxylic acids is 3. The number of hydrogen-bond acceptors (Lipinski definition) is 5. The highest BCUT2D eigenvalue weighted by Gasteiger charge is 2.14. The van der Waals surface area contributed by atoms with Gasteiger partial charge >= 0.3 is 11.8 Å². The summed E-state index contributed by atoms with van der Waals surface area (Å²) in [5.41, 5.74) is 3.15. The highest BCUT2D eigenvalue weighted by atomic mass is 16.2. The van der Waals surface area contributed by atoms with Crippen LogP contribution in [0.1, 0.15) is 6.92 Å². The van der Waals surface area contributed by atoms with E-state index in [0.29, 0.717) is 11.4 Å². The van der Waals surface area contributed by atoms with Gasteiger partial charge in [-0.1, -0.05) is 6.07 Å². The Labute approximate surface area is 119 Å². The van der Waals surface area contributed by atoms with Crippen LogP contribution in [0.5, 0.6) is 0 Å². The van der Waals surface area contributed by atoms with Gasteiger partial charge in [-0.3, -0.25) is 19.8 Å². The molecule has 9 heteroatoms. The Bertz CT molecular complexity index is 667. The first-order valence-corrected chi connectivity index (χ1v) is 5.89.